The molecule has 0 saturated heterocycles. The van der Waals surface area contributed by atoms with Gasteiger partial charge in [-0.1, -0.05) is 143 Å². The smallest absolute Gasteiger partial charge is 0.337 e. The minimum absolute atomic E-state index is 0.0569. The number of esters is 1. The van der Waals surface area contributed by atoms with Gasteiger partial charge in [0, 0.05) is 54.7 Å². The number of para-hydroxylation sites is 1. The number of aromatic nitrogens is 14. The fraction of sp³-hybridized carbons (Fsp3) is 0.443. The van der Waals surface area contributed by atoms with Crippen LogP contribution in [0.25, 0.3) is 25.1 Å². The predicted molar refractivity (Wildman–Crippen MR) is 403 cm³/mol. The molecule has 0 aliphatic rings. The van der Waals surface area contributed by atoms with Crippen molar-refractivity contribution in [1.29, 1.82) is 0 Å². The van der Waals surface area contributed by atoms with Gasteiger partial charge in [-0.15, -0.1) is 40.9 Å². The molecule has 7 aromatic heterocycles. The van der Waals surface area contributed by atoms with E-state index < -0.39 is 17.4 Å². The summed E-state index contributed by atoms with van der Waals surface area (Å²) in [5.74, 6) is 0.324. The Hall–Kier alpha value is -12.2. The fourth-order valence-corrected chi connectivity index (χ4v) is 9.76. The first kappa shape index (κ1) is 81.8. The quantitative estimate of drug-likeness (QED) is 0.0175. The molecule has 8 N–H and O–H groups in total. The van der Waals surface area contributed by atoms with Crippen molar-refractivity contribution < 1.29 is 19.7 Å². The number of phenolic OH excluding ortho intramolecular Hbond substituents is 1. The number of hydrogen-bond acceptors (Lipinski definition) is 22. The van der Waals surface area contributed by atoms with Gasteiger partial charge in [0.1, 0.15) is 11.4 Å². The van der Waals surface area contributed by atoms with E-state index in [1.54, 1.807) is 4.68 Å². The molecule has 0 bridgehead atoms. The summed E-state index contributed by atoms with van der Waals surface area (Å²) in [6.07, 6.45) is 0. The molecule has 0 aliphatic carbocycles. The number of anilines is 1. The summed E-state index contributed by atoms with van der Waals surface area (Å²) < 4.78 is 10.4. The molecule has 0 amide bonds. The van der Waals surface area contributed by atoms with Crippen LogP contribution in [0.4, 0.5) is 74.6 Å². The lowest BCUT2D eigenvalue weighted by Gasteiger charge is -2.16. The van der Waals surface area contributed by atoms with E-state index in [4.69, 9.17) is 38.5 Å². The minimum Gasteiger partial charge on any atom is -0.506 e. The van der Waals surface area contributed by atoms with Gasteiger partial charge in [0.05, 0.1) is 62.7 Å². The number of hydrogen-bond donors (Lipinski definition) is 8. The molecule has 0 aliphatic heterocycles. The number of aryl methyl sites for hydroxylation is 1. The number of aromatic amines is 5. The Balaban J connectivity index is 0.000000220. The zero-order chi connectivity index (χ0) is 78.8. The second kappa shape index (κ2) is 32.4. The zero-order valence-corrected chi connectivity index (χ0v) is 64.4. The van der Waals surface area contributed by atoms with E-state index in [1.807, 2.05) is 160 Å². The predicted octanol–water partition coefficient (Wildman–Crippen LogP) is 17.4. The van der Waals surface area contributed by atoms with Crippen molar-refractivity contribution in [1.82, 2.24) is 74.4 Å². The number of benzene rings is 2. The Labute approximate surface area is 613 Å². The molecule has 0 saturated carbocycles. The zero-order valence-electron chi connectivity index (χ0n) is 63.6. The van der Waals surface area contributed by atoms with E-state index in [9.17, 15) is 24.6 Å². The highest BCUT2D eigenvalue weighted by molar-refractivity contribution is 7.71. The van der Waals surface area contributed by atoms with Crippen LogP contribution in [0.2, 0.25) is 0 Å². The van der Waals surface area contributed by atoms with Crippen LogP contribution in [0, 0.1) is 31.1 Å². The third-order valence-corrected chi connectivity index (χ3v) is 15.8. The maximum Gasteiger partial charge on any atom is 0.337 e. The number of aromatic hydroxyl groups is 2. The summed E-state index contributed by atoms with van der Waals surface area (Å²) in [5.41, 5.74) is 4.42. The SMILES string of the molecule is [C-]#[N+]c1c(N=Nc2c(C(C)(C)C)[nH]n(-c3ccccc3)c2=O)n[nH]c1C(C)(C)C.[C-]#[N+]c1c(N=Nc2c(C(C)(C)C)nn(C)c2NCN(C)C)n[nH]c1C(C)(C)C.[C-]#[N+]c1c(N=Nc2c(O)n(C)c(=S)n(C)c2=O)n[nH]c1C(C)(C)C.[C-]#[N+]c1c(N=Nc2cc(C(=O)OC)ccc2O)n[nH]c1C(C)(C)C. The maximum absolute atomic E-state index is 13.1. The van der Waals surface area contributed by atoms with Crippen molar-refractivity contribution in [2.75, 3.05) is 33.2 Å². The largest absolute Gasteiger partial charge is 0.506 e. The molecule has 34 nitrogen and oxygen atoms in total. The van der Waals surface area contributed by atoms with Gasteiger partial charge in [-0.2, -0.15) is 25.5 Å². The van der Waals surface area contributed by atoms with E-state index in [0.717, 1.165) is 17.2 Å². The summed E-state index contributed by atoms with van der Waals surface area (Å²) in [7, 11) is 10.1. The van der Waals surface area contributed by atoms with Gasteiger partial charge in [0.25, 0.3) is 33.9 Å². The van der Waals surface area contributed by atoms with Gasteiger partial charge in [-0.05, 0) is 78.3 Å². The Bertz CT molecular complexity index is 5140. The van der Waals surface area contributed by atoms with E-state index in [0.29, 0.717) is 58.0 Å². The number of H-pyrrole nitrogens is 5. The molecule has 552 valence electrons. The average Bonchev–Trinajstić information content (AvgIpc) is 1.28. The van der Waals surface area contributed by atoms with Crippen LogP contribution in [-0.4, -0.2) is 118 Å². The molecule has 0 atom stereocenters. The lowest BCUT2D eigenvalue weighted by atomic mass is 9.91. The summed E-state index contributed by atoms with van der Waals surface area (Å²) in [6, 6.07) is 13.4. The van der Waals surface area contributed by atoms with Gasteiger partial charge in [0.15, 0.2) is 22.0 Å². The Morgan fingerprint density at radius 1 is 0.552 bits per heavy atom. The van der Waals surface area contributed by atoms with E-state index >= 15 is 0 Å². The van der Waals surface area contributed by atoms with E-state index in [2.05, 4.69) is 142 Å². The molecule has 105 heavy (non-hydrogen) atoms. The molecule has 7 heterocycles. The lowest BCUT2D eigenvalue weighted by molar-refractivity contribution is 0.0600. The molecule has 0 fully saturated rings. The number of carbonyl (C=O) groups is 1. The molecule has 0 radical (unpaired) electrons. The molecule has 2 aromatic carbocycles. The Morgan fingerprint density at radius 3 is 1.33 bits per heavy atom. The van der Waals surface area contributed by atoms with Crippen molar-refractivity contribution in [2.45, 2.75) is 157 Å². The highest BCUT2D eigenvalue weighted by atomic mass is 32.1. The van der Waals surface area contributed by atoms with Crippen molar-refractivity contribution in [3.63, 3.8) is 0 Å². The fourth-order valence-electron chi connectivity index (χ4n) is 9.59. The highest BCUT2D eigenvalue weighted by Gasteiger charge is 2.32. The van der Waals surface area contributed by atoms with Crippen molar-refractivity contribution in [2.24, 2.45) is 62.1 Å². The molecule has 9 rings (SSSR count). The van der Waals surface area contributed by atoms with Crippen LogP contribution < -0.4 is 16.4 Å². The first-order valence-corrected chi connectivity index (χ1v) is 33.0. The third-order valence-electron chi connectivity index (χ3n) is 15.3. The Morgan fingerprint density at radius 2 is 0.952 bits per heavy atom. The molecule has 0 spiro atoms. The first-order chi connectivity index (χ1) is 48.8. The second-order valence-corrected chi connectivity index (χ2v) is 30.7. The van der Waals surface area contributed by atoms with Crippen molar-refractivity contribution in [3.8, 4) is 17.3 Å². The van der Waals surface area contributed by atoms with Gasteiger partial charge in [-0.3, -0.25) is 53.8 Å². The third kappa shape index (κ3) is 19.3. The van der Waals surface area contributed by atoms with Gasteiger partial charge >= 0.3 is 5.97 Å². The van der Waals surface area contributed by atoms with Gasteiger partial charge in [-0.25, -0.2) is 28.9 Å². The number of nitrogens with one attached hydrogen (secondary N) is 6. The molecule has 9 aromatic rings. The second-order valence-electron chi connectivity index (χ2n) is 30.3. The van der Waals surface area contributed by atoms with Gasteiger partial charge < -0.3 is 20.3 Å². The number of phenols is 1. The highest BCUT2D eigenvalue weighted by Crippen LogP contribution is 2.44. The number of nitrogens with zero attached hydrogens (tertiary/aromatic N) is 22. The number of carbonyl (C=O) groups excluding carboxylic acids is 1. The standard InChI is InChI=1S/C21H25N7O.C19H31N9.C16H17N5O3.C14H17N7O2S/c1-20(2,3)16-14(22-7)18(26-24-16)25-23-15-17(21(4,5)6)27-28(19(15)29)13-11-9-8-10-12-13;1-18(2,3)14-12(20-7)16(25-23-14)24-22-13-15(19(4,5)6)26-28(10)17(13)21-11-27(8)9;1-16(2,3)13-12(17-4)14(21-19-13)20-18-10-8-9(15(23)24-5)6-7-11(10)22;1-14(2,3)9-7(15-4)10(19-17-9)18-16-8-11(22)20(5)13(24)21(6)12(8)23/h8-12,27H,1-6H3,(H,24,26);21H,11H2,1-6,8-10H3,(H,23,25);6-8,22H,1-3,5H3,(H,19,21);22H,1-3,5-6H3,(H,17,19). The Kier molecular flexibility index (Phi) is 25.2. The van der Waals surface area contributed by atoms with Crippen LogP contribution in [0.15, 0.2) is 99.0 Å². The molecular formula is C70H90N28O6S. The van der Waals surface area contributed by atoms with E-state index in [-0.39, 0.29) is 100 Å². The van der Waals surface area contributed by atoms with Crippen molar-refractivity contribution >= 4 is 92.8 Å². The number of azo groups is 4. The maximum atomic E-state index is 13.1. The lowest BCUT2D eigenvalue weighted by Crippen LogP contribution is -2.21. The first-order valence-electron chi connectivity index (χ1n) is 32.6. The molecular weight excluding hydrogens is 1360 g/mol. The molecule has 0 unspecified atom stereocenters. The van der Waals surface area contributed by atoms with Crippen LogP contribution in [0.5, 0.6) is 11.6 Å². The minimum atomic E-state index is -0.588. The van der Waals surface area contributed by atoms with Crippen molar-refractivity contribution in [3.05, 3.63) is 159 Å². The normalized spacial score (nSPS) is 12.2. The number of ether oxygens (including phenoxy) is 1. The topological polar surface area (TPSA) is 396 Å². The van der Waals surface area contributed by atoms with Crippen LogP contribution in [0.1, 0.15) is 169 Å². The number of methoxy groups -OCH3 is 1. The molecule has 35 heteroatoms. The summed E-state index contributed by atoms with van der Waals surface area (Å²) >= 11 is 5.03. The van der Waals surface area contributed by atoms with Crippen LogP contribution in [0.3, 0.4) is 0 Å². The summed E-state index contributed by atoms with van der Waals surface area (Å²) in [4.78, 5) is 52.9. The number of rotatable bonds is 13. The summed E-state index contributed by atoms with van der Waals surface area (Å²) in [6.45, 7) is 66.2. The van der Waals surface area contributed by atoms with E-state index in [1.165, 1.54) is 53.2 Å². The van der Waals surface area contributed by atoms with Crippen LogP contribution >= 0.6 is 12.2 Å². The summed E-state index contributed by atoms with van der Waals surface area (Å²) in [5, 5.41) is 91.5. The monoisotopic (exact) mass is 1450 g/mol. The van der Waals surface area contributed by atoms with Crippen LogP contribution in [-0.2, 0) is 58.4 Å². The van der Waals surface area contributed by atoms with Gasteiger partial charge in [0.2, 0.25) is 34.8 Å². The average molecular weight is 1450 g/mol.